The van der Waals surface area contributed by atoms with Gasteiger partial charge in [-0.1, -0.05) is 18.2 Å². The number of hydrogen-bond donors (Lipinski definition) is 1. The molecule has 0 saturated carbocycles. The lowest BCUT2D eigenvalue weighted by molar-refractivity contribution is -0.123. The Bertz CT molecular complexity index is 1130. The summed E-state index contributed by atoms with van der Waals surface area (Å²) in [6.45, 7) is 3.77. The first-order valence-electron chi connectivity index (χ1n) is 9.13. The lowest BCUT2D eigenvalue weighted by atomic mass is 10.2. The summed E-state index contributed by atoms with van der Waals surface area (Å²) in [6.07, 6.45) is 5.11. The monoisotopic (exact) mass is 390 g/mol. The SMILES string of the molecule is Cc1cc(/C=C2/NC(=O)N(Cc3ccccc3F)C2=O)c(C)n1-c1cccnc1. The normalized spacial score (nSPS) is 15.3. The Morgan fingerprint density at radius 3 is 2.66 bits per heavy atom. The highest BCUT2D eigenvalue weighted by Crippen LogP contribution is 2.24. The minimum Gasteiger partial charge on any atom is -0.316 e. The van der Waals surface area contributed by atoms with Crippen molar-refractivity contribution in [1.82, 2.24) is 19.8 Å². The van der Waals surface area contributed by atoms with Crippen molar-refractivity contribution in [3.8, 4) is 5.69 Å². The van der Waals surface area contributed by atoms with Crippen LogP contribution in [0.2, 0.25) is 0 Å². The molecule has 3 heterocycles. The van der Waals surface area contributed by atoms with E-state index in [2.05, 4.69) is 10.3 Å². The summed E-state index contributed by atoms with van der Waals surface area (Å²) in [4.78, 5) is 30.2. The molecule has 1 aromatic carbocycles. The van der Waals surface area contributed by atoms with E-state index in [1.165, 1.54) is 6.07 Å². The summed E-state index contributed by atoms with van der Waals surface area (Å²) in [7, 11) is 0. The summed E-state index contributed by atoms with van der Waals surface area (Å²) in [6, 6.07) is 11.3. The van der Waals surface area contributed by atoms with Crippen molar-refractivity contribution in [2.24, 2.45) is 0 Å². The van der Waals surface area contributed by atoms with E-state index < -0.39 is 17.8 Å². The fraction of sp³-hybridized carbons (Fsp3) is 0.136. The van der Waals surface area contributed by atoms with Crippen LogP contribution in [0.25, 0.3) is 11.8 Å². The number of aromatic nitrogens is 2. The van der Waals surface area contributed by atoms with Crippen LogP contribution in [-0.2, 0) is 11.3 Å². The summed E-state index contributed by atoms with van der Waals surface area (Å²) in [5.41, 5.74) is 4.06. The van der Waals surface area contributed by atoms with Gasteiger partial charge < -0.3 is 9.88 Å². The molecule has 146 valence electrons. The van der Waals surface area contributed by atoms with Gasteiger partial charge in [0.25, 0.3) is 5.91 Å². The van der Waals surface area contributed by atoms with Crippen LogP contribution in [0.5, 0.6) is 0 Å². The predicted octanol–water partition coefficient (Wildman–Crippen LogP) is 3.72. The largest absolute Gasteiger partial charge is 0.329 e. The Kier molecular flexibility index (Phi) is 4.72. The molecule has 0 spiro atoms. The van der Waals surface area contributed by atoms with E-state index in [4.69, 9.17) is 0 Å². The standard InChI is InChI=1S/C22H19FN4O2/c1-14-10-17(15(2)27(14)18-7-5-9-24-12-18)11-20-21(28)26(22(29)25-20)13-16-6-3-4-8-19(16)23/h3-12H,13H2,1-2H3,(H,25,29)/b20-11+. The van der Waals surface area contributed by atoms with Gasteiger partial charge in [-0.05, 0) is 49.8 Å². The number of nitrogens with zero attached hydrogens (tertiary/aromatic N) is 3. The maximum atomic E-state index is 13.9. The van der Waals surface area contributed by atoms with Crippen molar-refractivity contribution in [3.63, 3.8) is 0 Å². The Balaban J connectivity index is 1.64. The van der Waals surface area contributed by atoms with Gasteiger partial charge in [-0.15, -0.1) is 0 Å². The molecule has 1 N–H and O–H groups in total. The van der Waals surface area contributed by atoms with Gasteiger partial charge in [0.05, 0.1) is 18.4 Å². The van der Waals surface area contributed by atoms with Crippen molar-refractivity contribution in [1.29, 1.82) is 0 Å². The minimum atomic E-state index is -0.564. The Morgan fingerprint density at radius 2 is 1.93 bits per heavy atom. The summed E-state index contributed by atoms with van der Waals surface area (Å²) in [5, 5.41) is 2.59. The molecule has 0 radical (unpaired) electrons. The number of carbonyl (C=O) groups is 2. The molecule has 0 unspecified atom stereocenters. The van der Waals surface area contributed by atoms with Crippen molar-refractivity contribution < 1.29 is 14.0 Å². The highest BCUT2D eigenvalue weighted by molar-refractivity contribution is 6.14. The van der Waals surface area contributed by atoms with Gasteiger partial charge in [0.15, 0.2) is 0 Å². The van der Waals surface area contributed by atoms with E-state index in [1.54, 1.807) is 36.7 Å². The van der Waals surface area contributed by atoms with E-state index >= 15 is 0 Å². The molecule has 4 rings (SSSR count). The Hall–Kier alpha value is -3.74. The third-order valence-electron chi connectivity index (χ3n) is 4.92. The molecule has 0 bridgehead atoms. The smallest absolute Gasteiger partial charge is 0.316 e. The van der Waals surface area contributed by atoms with Gasteiger partial charge in [0, 0.05) is 23.1 Å². The maximum absolute atomic E-state index is 13.9. The average molecular weight is 390 g/mol. The first kappa shape index (κ1) is 18.6. The Morgan fingerprint density at radius 1 is 1.14 bits per heavy atom. The second kappa shape index (κ2) is 7.35. The number of imide groups is 1. The lowest BCUT2D eigenvalue weighted by Crippen LogP contribution is -2.30. The molecule has 6 nitrogen and oxygen atoms in total. The van der Waals surface area contributed by atoms with Crippen molar-refractivity contribution in [2.45, 2.75) is 20.4 Å². The number of halogens is 1. The van der Waals surface area contributed by atoms with Crippen molar-refractivity contribution in [3.05, 3.63) is 88.9 Å². The highest BCUT2D eigenvalue weighted by atomic mass is 19.1. The molecule has 29 heavy (non-hydrogen) atoms. The van der Waals surface area contributed by atoms with Crippen LogP contribution in [0.1, 0.15) is 22.5 Å². The van der Waals surface area contributed by atoms with Gasteiger partial charge in [-0.25, -0.2) is 9.18 Å². The summed E-state index contributed by atoms with van der Waals surface area (Å²) < 4.78 is 15.9. The number of carbonyl (C=O) groups excluding carboxylic acids is 2. The van der Waals surface area contributed by atoms with Crippen molar-refractivity contribution >= 4 is 18.0 Å². The van der Waals surface area contributed by atoms with Crippen LogP contribution in [-0.4, -0.2) is 26.4 Å². The number of amides is 3. The Labute approximate surface area is 167 Å². The summed E-state index contributed by atoms with van der Waals surface area (Å²) in [5.74, 6) is -0.935. The molecular weight excluding hydrogens is 371 g/mol. The number of hydrogen-bond acceptors (Lipinski definition) is 3. The third-order valence-corrected chi connectivity index (χ3v) is 4.92. The van der Waals surface area contributed by atoms with Crippen LogP contribution in [0.15, 0.2) is 60.6 Å². The fourth-order valence-electron chi connectivity index (χ4n) is 3.48. The number of nitrogens with one attached hydrogen (secondary N) is 1. The zero-order valence-electron chi connectivity index (χ0n) is 16.0. The molecule has 3 aromatic rings. The van der Waals surface area contributed by atoms with Gasteiger partial charge in [0.2, 0.25) is 0 Å². The van der Waals surface area contributed by atoms with E-state index in [0.717, 1.165) is 27.5 Å². The third kappa shape index (κ3) is 3.42. The minimum absolute atomic E-state index is 0.122. The zero-order valence-corrected chi connectivity index (χ0v) is 16.0. The second-order valence-corrected chi connectivity index (χ2v) is 6.84. The van der Waals surface area contributed by atoms with Crippen molar-refractivity contribution in [2.75, 3.05) is 0 Å². The molecule has 1 fully saturated rings. The molecule has 0 atom stereocenters. The number of aryl methyl sites for hydroxylation is 1. The first-order valence-corrected chi connectivity index (χ1v) is 9.13. The molecular formula is C22H19FN4O2. The number of urea groups is 1. The highest BCUT2D eigenvalue weighted by Gasteiger charge is 2.34. The lowest BCUT2D eigenvalue weighted by Gasteiger charge is -2.12. The van der Waals surface area contributed by atoms with Gasteiger partial charge in [-0.3, -0.25) is 14.7 Å². The second-order valence-electron chi connectivity index (χ2n) is 6.84. The molecule has 7 heteroatoms. The molecule has 1 aliphatic rings. The topological polar surface area (TPSA) is 67.2 Å². The maximum Gasteiger partial charge on any atom is 0.329 e. The molecule has 3 amide bonds. The van der Waals surface area contributed by atoms with E-state index in [1.807, 2.05) is 36.6 Å². The van der Waals surface area contributed by atoms with Crippen LogP contribution in [0.3, 0.4) is 0 Å². The van der Waals surface area contributed by atoms with E-state index in [0.29, 0.717) is 0 Å². The predicted molar refractivity (Wildman–Crippen MR) is 106 cm³/mol. The number of pyridine rings is 1. The van der Waals surface area contributed by atoms with Gasteiger partial charge in [0.1, 0.15) is 11.5 Å². The van der Waals surface area contributed by atoms with Crippen LogP contribution >= 0.6 is 0 Å². The number of benzene rings is 1. The zero-order chi connectivity index (χ0) is 20.5. The summed E-state index contributed by atoms with van der Waals surface area (Å²) >= 11 is 0. The van der Waals surface area contributed by atoms with Gasteiger partial charge >= 0.3 is 6.03 Å². The van der Waals surface area contributed by atoms with Crippen LogP contribution < -0.4 is 5.32 Å². The number of rotatable bonds is 4. The van der Waals surface area contributed by atoms with E-state index in [-0.39, 0.29) is 17.8 Å². The first-order chi connectivity index (χ1) is 14.0. The molecule has 1 saturated heterocycles. The van der Waals surface area contributed by atoms with Crippen LogP contribution in [0.4, 0.5) is 9.18 Å². The molecule has 0 aliphatic carbocycles. The quantitative estimate of drug-likeness (QED) is 0.545. The molecule has 2 aromatic heterocycles. The van der Waals surface area contributed by atoms with E-state index in [9.17, 15) is 14.0 Å². The molecule has 1 aliphatic heterocycles. The van der Waals surface area contributed by atoms with Gasteiger partial charge in [-0.2, -0.15) is 0 Å². The fourth-order valence-corrected chi connectivity index (χ4v) is 3.48. The average Bonchev–Trinajstić information content (AvgIpc) is 3.13. The van der Waals surface area contributed by atoms with Crippen LogP contribution in [0, 0.1) is 19.7 Å².